The van der Waals surface area contributed by atoms with Crippen LogP contribution in [0.4, 0.5) is 26.3 Å². The van der Waals surface area contributed by atoms with E-state index in [0.29, 0.717) is 11.4 Å². The molecule has 5 nitrogen and oxygen atoms in total. The Kier molecular flexibility index (Phi) is 4.99. The van der Waals surface area contributed by atoms with Gasteiger partial charge in [0.1, 0.15) is 5.69 Å². The third kappa shape index (κ3) is 3.93. The summed E-state index contributed by atoms with van der Waals surface area (Å²) in [4.78, 5) is 11.5. The van der Waals surface area contributed by atoms with Crippen molar-refractivity contribution in [3.8, 4) is 11.4 Å². The number of para-hydroxylation sites is 1. The van der Waals surface area contributed by atoms with Gasteiger partial charge in [-0.15, -0.1) is 0 Å². The lowest BCUT2D eigenvalue weighted by Gasteiger charge is -2.13. The van der Waals surface area contributed by atoms with Gasteiger partial charge in [0.05, 0.1) is 17.6 Å². The normalized spacial score (nSPS) is 12.4. The van der Waals surface area contributed by atoms with Crippen LogP contribution in [-0.2, 0) is 23.6 Å². The van der Waals surface area contributed by atoms with Crippen molar-refractivity contribution >= 4 is 16.8 Å². The fourth-order valence-corrected chi connectivity index (χ4v) is 3.49. The molecule has 2 N–H and O–H groups in total. The highest BCUT2D eigenvalue weighted by atomic mass is 19.4. The van der Waals surface area contributed by atoms with E-state index in [9.17, 15) is 31.1 Å². The first-order valence-corrected chi connectivity index (χ1v) is 9.18. The number of fused-ring (bicyclic) bond motifs is 1. The molecule has 0 radical (unpaired) electrons. The number of primary amides is 1. The standard InChI is InChI=1S/C21H14F6N4O/c22-20(23,24)17-11-18(21(25,26)27)31(29-17)14-7-5-13(6-8-14)30-15(10-19(28)32)9-12-3-1-2-4-16(12)30/h1-9,11H,10H2,(H2,28,32). The molecule has 11 heteroatoms. The van der Waals surface area contributed by atoms with Gasteiger partial charge in [-0.05, 0) is 36.4 Å². The van der Waals surface area contributed by atoms with E-state index in [0.717, 1.165) is 10.9 Å². The third-order valence-corrected chi connectivity index (χ3v) is 4.79. The van der Waals surface area contributed by atoms with Crippen molar-refractivity contribution in [3.63, 3.8) is 0 Å². The zero-order chi connectivity index (χ0) is 23.3. The molecule has 4 rings (SSSR count). The SMILES string of the molecule is NC(=O)Cc1cc2ccccc2n1-c1ccc(-n2nc(C(F)(F)F)cc2C(F)(F)F)cc1. The smallest absolute Gasteiger partial charge is 0.369 e. The Bertz CT molecular complexity index is 1300. The van der Waals surface area contributed by atoms with Crippen LogP contribution in [0, 0.1) is 0 Å². The lowest BCUT2D eigenvalue weighted by Crippen LogP contribution is -2.16. The average Bonchev–Trinajstić information content (AvgIpc) is 3.29. The van der Waals surface area contributed by atoms with Gasteiger partial charge in [0.25, 0.3) is 0 Å². The average molecular weight is 452 g/mol. The van der Waals surface area contributed by atoms with Crippen LogP contribution in [0.15, 0.2) is 60.7 Å². The number of carbonyl (C=O) groups excluding carboxylic acids is 1. The van der Waals surface area contributed by atoms with Gasteiger partial charge in [-0.1, -0.05) is 18.2 Å². The fraction of sp³-hybridized carbons (Fsp3) is 0.143. The summed E-state index contributed by atoms with van der Waals surface area (Å²) in [6.45, 7) is 0. The van der Waals surface area contributed by atoms with Gasteiger partial charge in [0, 0.05) is 22.8 Å². The molecule has 4 aromatic rings. The maximum absolute atomic E-state index is 13.3. The lowest BCUT2D eigenvalue weighted by molar-refractivity contribution is -0.143. The number of halogens is 6. The second kappa shape index (κ2) is 7.43. The summed E-state index contributed by atoms with van der Waals surface area (Å²) < 4.78 is 80.7. The number of nitrogens with zero attached hydrogens (tertiary/aromatic N) is 3. The van der Waals surface area contributed by atoms with Crippen LogP contribution in [0.2, 0.25) is 0 Å². The van der Waals surface area contributed by atoms with E-state index in [-0.39, 0.29) is 22.9 Å². The molecule has 0 bridgehead atoms. The number of aromatic nitrogens is 3. The first-order valence-electron chi connectivity index (χ1n) is 9.18. The molecule has 0 aliphatic heterocycles. The Hall–Kier alpha value is -3.76. The zero-order valence-electron chi connectivity index (χ0n) is 16.1. The first-order chi connectivity index (χ1) is 14.9. The molecule has 1 amide bonds. The Morgan fingerprint density at radius 2 is 1.50 bits per heavy atom. The molecule has 2 aromatic carbocycles. The molecule has 0 aliphatic carbocycles. The zero-order valence-corrected chi connectivity index (χ0v) is 16.1. The highest BCUT2D eigenvalue weighted by Gasteiger charge is 2.42. The second-order valence-corrected chi connectivity index (χ2v) is 7.01. The predicted octanol–water partition coefficient (Wildman–Crippen LogP) is 4.88. The van der Waals surface area contributed by atoms with E-state index in [1.165, 1.54) is 24.3 Å². The number of carbonyl (C=O) groups is 1. The quantitative estimate of drug-likeness (QED) is 0.449. The first kappa shape index (κ1) is 21.5. The van der Waals surface area contributed by atoms with Crippen LogP contribution >= 0.6 is 0 Å². The summed E-state index contributed by atoms with van der Waals surface area (Å²) in [6, 6.07) is 14.2. The summed E-state index contributed by atoms with van der Waals surface area (Å²) in [5, 5.41) is 3.94. The monoisotopic (exact) mass is 452 g/mol. The summed E-state index contributed by atoms with van der Waals surface area (Å²) in [7, 11) is 0. The molecule has 0 saturated heterocycles. The minimum Gasteiger partial charge on any atom is -0.369 e. The van der Waals surface area contributed by atoms with Crippen molar-refractivity contribution < 1.29 is 31.1 Å². The Morgan fingerprint density at radius 1 is 0.875 bits per heavy atom. The maximum Gasteiger partial charge on any atom is 0.435 e. The Morgan fingerprint density at radius 3 is 2.09 bits per heavy atom. The minimum absolute atomic E-state index is 0.0294. The van der Waals surface area contributed by atoms with Gasteiger partial charge < -0.3 is 10.3 Å². The van der Waals surface area contributed by atoms with E-state index >= 15 is 0 Å². The van der Waals surface area contributed by atoms with Crippen LogP contribution in [0.1, 0.15) is 17.1 Å². The van der Waals surface area contributed by atoms with Crippen molar-refractivity contribution in [1.82, 2.24) is 14.3 Å². The van der Waals surface area contributed by atoms with E-state index in [2.05, 4.69) is 5.10 Å². The van der Waals surface area contributed by atoms with Crippen molar-refractivity contribution in [1.29, 1.82) is 0 Å². The van der Waals surface area contributed by atoms with Gasteiger partial charge >= 0.3 is 12.4 Å². The molecular formula is C21H14F6N4O. The van der Waals surface area contributed by atoms with E-state index < -0.39 is 29.6 Å². The molecule has 0 aliphatic rings. The van der Waals surface area contributed by atoms with Crippen molar-refractivity contribution in [2.24, 2.45) is 5.73 Å². The van der Waals surface area contributed by atoms with Gasteiger partial charge in [0.15, 0.2) is 5.69 Å². The number of nitrogens with two attached hydrogens (primary N) is 1. The molecule has 0 saturated carbocycles. The van der Waals surface area contributed by atoms with Crippen LogP contribution in [-0.4, -0.2) is 20.3 Å². The predicted molar refractivity (Wildman–Crippen MR) is 103 cm³/mol. The molecular weight excluding hydrogens is 438 g/mol. The summed E-state index contributed by atoms with van der Waals surface area (Å²) in [5.74, 6) is -0.572. The van der Waals surface area contributed by atoms with Crippen LogP contribution in [0.5, 0.6) is 0 Å². The number of amides is 1. The van der Waals surface area contributed by atoms with Gasteiger partial charge in [-0.25, -0.2) is 4.68 Å². The van der Waals surface area contributed by atoms with E-state index in [1.54, 1.807) is 28.8 Å². The fourth-order valence-electron chi connectivity index (χ4n) is 3.49. The van der Waals surface area contributed by atoms with Crippen molar-refractivity contribution in [2.45, 2.75) is 18.8 Å². The third-order valence-electron chi connectivity index (χ3n) is 4.79. The molecule has 2 heterocycles. The largest absolute Gasteiger partial charge is 0.435 e. The Labute approximate surface area is 176 Å². The summed E-state index contributed by atoms with van der Waals surface area (Å²) >= 11 is 0. The van der Waals surface area contributed by atoms with E-state index in [1.807, 2.05) is 6.07 Å². The molecule has 0 atom stereocenters. The van der Waals surface area contributed by atoms with Crippen LogP contribution in [0.25, 0.3) is 22.3 Å². The molecule has 32 heavy (non-hydrogen) atoms. The van der Waals surface area contributed by atoms with Crippen LogP contribution < -0.4 is 5.73 Å². The molecule has 0 spiro atoms. The molecule has 0 fully saturated rings. The highest BCUT2D eigenvalue weighted by molar-refractivity contribution is 5.86. The van der Waals surface area contributed by atoms with E-state index in [4.69, 9.17) is 5.73 Å². The summed E-state index contributed by atoms with van der Waals surface area (Å²) in [6.07, 6.45) is -10.2. The van der Waals surface area contributed by atoms with Crippen molar-refractivity contribution in [3.05, 3.63) is 77.7 Å². The number of hydrogen-bond donors (Lipinski definition) is 1. The maximum atomic E-state index is 13.3. The van der Waals surface area contributed by atoms with Gasteiger partial charge in [-0.3, -0.25) is 4.79 Å². The summed E-state index contributed by atoms with van der Waals surface area (Å²) in [5.41, 5.74) is 3.71. The molecule has 2 aromatic heterocycles. The number of rotatable bonds is 4. The molecule has 166 valence electrons. The second-order valence-electron chi connectivity index (χ2n) is 7.01. The number of benzene rings is 2. The highest BCUT2D eigenvalue weighted by Crippen LogP contribution is 2.36. The lowest BCUT2D eigenvalue weighted by atomic mass is 10.2. The molecule has 0 unspecified atom stereocenters. The van der Waals surface area contributed by atoms with Crippen molar-refractivity contribution in [2.75, 3.05) is 0 Å². The van der Waals surface area contributed by atoms with Gasteiger partial charge in [0.2, 0.25) is 5.91 Å². The Balaban J connectivity index is 1.82. The number of hydrogen-bond acceptors (Lipinski definition) is 2. The van der Waals surface area contributed by atoms with Crippen LogP contribution in [0.3, 0.4) is 0 Å². The number of alkyl halides is 6. The topological polar surface area (TPSA) is 65.8 Å². The minimum atomic E-state index is -5.04. The van der Waals surface area contributed by atoms with Gasteiger partial charge in [-0.2, -0.15) is 31.4 Å².